The van der Waals surface area contributed by atoms with Gasteiger partial charge in [-0.2, -0.15) is 9.50 Å². The fourth-order valence-corrected chi connectivity index (χ4v) is 3.81. The summed E-state index contributed by atoms with van der Waals surface area (Å²) in [7, 11) is 0. The second kappa shape index (κ2) is 7.47. The van der Waals surface area contributed by atoms with Gasteiger partial charge >= 0.3 is 0 Å². The van der Waals surface area contributed by atoms with E-state index in [9.17, 15) is 4.79 Å². The third kappa shape index (κ3) is 3.20. The number of hydrogen-bond donors (Lipinski definition) is 0. The minimum absolute atomic E-state index is 0.0679. The lowest BCUT2D eigenvalue weighted by Gasteiger charge is -2.35. The van der Waals surface area contributed by atoms with Gasteiger partial charge in [0.2, 0.25) is 18.6 Å². The SMILES string of the molecule is CC[C@H](C)C(=O)N1CCN(c2nc3nccc(-c4ccc5c(c4)OCO5)n3n2)CC1. The molecule has 2 aliphatic rings. The van der Waals surface area contributed by atoms with E-state index >= 15 is 0 Å². The molecule has 3 aromatic rings. The molecule has 5 rings (SSSR count). The Morgan fingerprint density at radius 1 is 1.13 bits per heavy atom. The first-order valence-corrected chi connectivity index (χ1v) is 10.3. The summed E-state index contributed by atoms with van der Waals surface area (Å²) in [5.74, 6) is 2.93. The van der Waals surface area contributed by atoms with Crippen molar-refractivity contribution in [1.82, 2.24) is 24.5 Å². The lowest BCUT2D eigenvalue weighted by atomic mass is 10.1. The first kappa shape index (κ1) is 18.7. The van der Waals surface area contributed by atoms with Crippen molar-refractivity contribution < 1.29 is 14.3 Å². The highest BCUT2D eigenvalue weighted by Gasteiger charge is 2.26. The summed E-state index contributed by atoms with van der Waals surface area (Å²) in [6.07, 6.45) is 2.60. The molecule has 2 aromatic heterocycles. The molecule has 30 heavy (non-hydrogen) atoms. The summed E-state index contributed by atoms with van der Waals surface area (Å²) in [4.78, 5) is 25.5. The van der Waals surface area contributed by atoms with Crippen molar-refractivity contribution in [1.29, 1.82) is 0 Å². The van der Waals surface area contributed by atoms with Crippen LogP contribution < -0.4 is 14.4 Å². The fraction of sp³-hybridized carbons (Fsp3) is 0.429. The summed E-state index contributed by atoms with van der Waals surface area (Å²) in [6.45, 7) is 7.05. The number of aromatic nitrogens is 4. The Bertz CT molecular complexity index is 1090. The van der Waals surface area contributed by atoms with Gasteiger partial charge in [-0.05, 0) is 30.7 Å². The second-order valence-electron chi connectivity index (χ2n) is 7.64. The van der Waals surface area contributed by atoms with E-state index in [0.717, 1.165) is 29.2 Å². The first-order chi connectivity index (χ1) is 14.6. The van der Waals surface area contributed by atoms with Crippen LogP contribution in [0.4, 0.5) is 5.95 Å². The van der Waals surface area contributed by atoms with Gasteiger partial charge in [-0.25, -0.2) is 4.98 Å². The van der Waals surface area contributed by atoms with Crippen molar-refractivity contribution in [2.45, 2.75) is 20.3 Å². The minimum atomic E-state index is 0.0679. The summed E-state index contributed by atoms with van der Waals surface area (Å²) in [5, 5.41) is 4.72. The van der Waals surface area contributed by atoms with Crippen LogP contribution in [-0.4, -0.2) is 63.4 Å². The van der Waals surface area contributed by atoms with Crippen molar-refractivity contribution in [2.75, 3.05) is 37.9 Å². The zero-order valence-electron chi connectivity index (χ0n) is 17.1. The van der Waals surface area contributed by atoms with Gasteiger partial charge in [0.05, 0.1) is 5.69 Å². The number of nitrogens with zero attached hydrogens (tertiary/aromatic N) is 6. The first-order valence-electron chi connectivity index (χ1n) is 10.3. The standard InChI is InChI=1S/C21H24N6O3/c1-3-14(2)19(28)25-8-10-26(11-9-25)21-23-20-22-7-6-16(27(20)24-21)15-4-5-17-18(12-15)30-13-29-17/h4-7,12,14H,3,8-11,13H2,1-2H3/t14-/m0/s1. The molecule has 0 unspecified atom stereocenters. The highest BCUT2D eigenvalue weighted by molar-refractivity contribution is 5.78. The van der Waals surface area contributed by atoms with Gasteiger partial charge in [0.25, 0.3) is 5.78 Å². The predicted molar refractivity (Wildman–Crippen MR) is 111 cm³/mol. The Balaban J connectivity index is 1.39. The van der Waals surface area contributed by atoms with Crippen LogP contribution in [0.1, 0.15) is 20.3 Å². The van der Waals surface area contributed by atoms with Crippen LogP contribution in [0.25, 0.3) is 17.0 Å². The largest absolute Gasteiger partial charge is 0.454 e. The van der Waals surface area contributed by atoms with Crippen LogP contribution in [0.3, 0.4) is 0 Å². The van der Waals surface area contributed by atoms with Gasteiger partial charge < -0.3 is 19.3 Å². The Morgan fingerprint density at radius 2 is 1.93 bits per heavy atom. The molecule has 156 valence electrons. The maximum atomic E-state index is 12.4. The number of piperazine rings is 1. The van der Waals surface area contributed by atoms with Gasteiger partial charge in [0.1, 0.15) is 0 Å². The zero-order chi connectivity index (χ0) is 20.7. The van der Waals surface area contributed by atoms with Crippen LogP contribution in [0.15, 0.2) is 30.5 Å². The van der Waals surface area contributed by atoms with E-state index in [4.69, 9.17) is 14.6 Å². The molecule has 9 nitrogen and oxygen atoms in total. The fourth-order valence-electron chi connectivity index (χ4n) is 3.81. The molecule has 1 aromatic carbocycles. The summed E-state index contributed by atoms with van der Waals surface area (Å²) >= 11 is 0. The van der Waals surface area contributed by atoms with E-state index in [1.54, 1.807) is 10.7 Å². The number of carbonyl (C=O) groups excluding carboxylic acids is 1. The van der Waals surface area contributed by atoms with Gasteiger partial charge in [0.15, 0.2) is 11.5 Å². The predicted octanol–water partition coefficient (Wildman–Crippen LogP) is 2.21. The highest BCUT2D eigenvalue weighted by Crippen LogP contribution is 2.35. The van der Waals surface area contributed by atoms with E-state index in [-0.39, 0.29) is 18.6 Å². The Hall–Kier alpha value is -3.36. The quantitative estimate of drug-likeness (QED) is 0.654. The zero-order valence-corrected chi connectivity index (χ0v) is 17.1. The summed E-state index contributed by atoms with van der Waals surface area (Å²) in [6, 6.07) is 7.72. The van der Waals surface area contributed by atoms with E-state index < -0.39 is 0 Å². The minimum Gasteiger partial charge on any atom is -0.454 e. The van der Waals surface area contributed by atoms with Gasteiger partial charge in [-0.1, -0.05) is 13.8 Å². The van der Waals surface area contributed by atoms with E-state index in [0.29, 0.717) is 37.9 Å². The molecule has 0 saturated carbocycles. The molecular weight excluding hydrogens is 384 g/mol. The molecule has 0 aliphatic carbocycles. The molecule has 9 heteroatoms. The Labute approximate surface area is 174 Å². The molecule has 0 bridgehead atoms. The number of carbonyl (C=O) groups is 1. The van der Waals surface area contributed by atoms with Crippen molar-refractivity contribution >= 4 is 17.6 Å². The van der Waals surface area contributed by atoms with Crippen LogP contribution in [0.2, 0.25) is 0 Å². The number of ether oxygens (including phenoxy) is 2. The van der Waals surface area contributed by atoms with Crippen LogP contribution in [-0.2, 0) is 4.79 Å². The lowest BCUT2D eigenvalue weighted by molar-refractivity contribution is -0.135. The molecule has 0 radical (unpaired) electrons. The molecule has 1 atom stereocenters. The molecule has 4 heterocycles. The molecule has 1 saturated heterocycles. The molecular formula is C21H24N6O3. The smallest absolute Gasteiger partial charge is 0.254 e. The molecule has 1 fully saturated rings. The van der Waals surface area contributed by atoms with Crippen LogP contribution in [0, 0.1) is 5.92 Å². The summed E-state index contributed by atoms with van der Waals surface area (Å²) in [5.41, 5.74) is 1.83. The maximum absolute atomic E-state index is 12.4. The van der Waals surface area contributed by atoms with Crippen molar-refractivity contribution in [2.24, 2.45) is 5.92 Å². The maximum Gasteiger partial charge on any atom is 0.254 e. The molecule has 1 amide bonds. The molecule has 2 aliphatic heterocycles. The lowest BCUT2D eigenvalue weighted by Crippen LogP contribution is -2.50. The average molecular weight is 408 g/mol. The normalized spacial score (nSPS) is 16.9. The van der Waals surface area contributed by atoms with E-state index in [1.807, 2.05) is 43.0 Å². The van der Waals surface area contributed by atoms with E-state index in [1.165, 1.54) is 0 Å². The second-order valence-corrected chi connectivity index (χ2v) is 7.64. The number of rotatable bonds is 4. The number of fused-ring (bicyclic) bond motifs is 2. The van der Waals surface area contributed by atoms with Crippen molar-refractivity contribution in [3.8, 4) is 22.8 Å². The third-order valence-corrected chi connectivity index (χ3v) is 5.81. The van der Waals surface area contributed by atoms with Gasteiger partial charge in [0, 0.05) is 43.9 Å². The van der Waals surface area contributed by atoms with Gasteiger partial charge in [-0.3, -0.25) is 4.79 Å². The van der Waals surface area contributed by atoms with Crippen LogP contribution >= 0.6 is 0 Å². The average Bonchev–Trinajstić information content (AvgIpc) is 3.44. The number of hydrogen-bond acceptors (Lipinski definition) is 7. The third-order valence-electron chi connectivity index (χ3n) is 5.81. The number of anilines is 1. The van der Waals surface area contributed by atoms with Gasteiger partial charge in [-0.15, -0.1) is 5.10 Å². The summed E-state index contributed by atoms with van der Waals surface area (Å²) < 4.78 is 12.7. The molecule has 0 N–H and O–H groups in total. The van der Waals surface area contributed by atoms with Crippen LogP contribution in [0.5, 0.6) is 11.5 Å². The molecule has 0 spiro atoms. The van der Waals surface area contributed by atoms with Crippen molar-refractivity contribution in [3.63, 3.8) is 0 Å². The topological polar surface area (TPSA) is 85.1 Å². The Kier molecular flexibility index (Phi) is 4.65. The highest BCUT2D eigenvalue weighted by atomic mass is 16.7. The van der Waals surface area contributed by atoms with E-state index in [2.05, 4.69) is 14.9 Å². The monoisotopic (exact) mass is 408 g/mol. The van der Waals surface area contributed by atoms with Crippen molar-refractivity contribution in [3.05, 3.63) is 30.5 Å². The number of benzene rings is 1. The number of amides is 1. The Morgan fingerprint density at radius 3 is 2.73 bits per heavy atom.